The van der Waals surface area contributed by atoms with Gasteiger partial charge in [-0.15, -0.1) is 0 Å². The van der Waals surface area contributed by atoms with E-state index >= 15 is 0 Å². The molecule has 1 aromatic heterocycles. The van der Waals surface area contributed by atoms with E-state index in [0.29, 0.717) is 24.9 Å². The Kier molecular flexibility index (Phi) is 7.40. The number of rotatable bonds is 7. The molecule has 0 spiro atoms. The number of hydrogen-bond donors (Lipinski definition) is 1. The molecule has 4 rings (SSSR count). The van der Waals surface area contributed by atoms with Crippen molar-refractivity contribution in [3.05, 3.63) is 70.1 Å². The Bertz CT molecular complexity index is 1370. The van der Waals surface area contributed by atoms with E-state index in [9.17, 15) is 23.6 Å². The Balaban J connectivity index is 1.47. The van der Waals surface area contributed by atoms with Crippen LogP contribution in [0.15, 0.2) is 42.6 Å². The molecule has 1 fully saturated rings. The van der Waals surface area contributed by atoms with Gasteiger partial charge in [0.15, 0.2) is 5.78 Å². The van der Waals surface area contributed by atoms with Crippen LogP contribution in [0.3, 0.4) is 0 Å². The molecule has 8 nitrogen and oxygen atoms in total. The standard InChI is InChI=1S/C26H25ClFN3O5/c1-15(32)19-13-30(21-7-4-3-6-18(19)21)14-23(33)31-9-5-8-22(31)25(34)29-12-17-10-16(26(35)36-2)11-20(27)24(17)28/h3-4,6-7,10-11,13,22H,5,8-9,12,14H2,1-2H3,(H,29,34)/t22-/m0/s1. The van der Waals surface area contributed by atoms with E-state index in [1.807, 2.05) is 24.3 Å². The van der Waals surface area contributed by atoms with Gasteiger partial charge in [-0.2, -0.15) is 0 Å². The van der Waals surface area contributed by atoms with Crippen molar-refractivity contribution in [1.29, 1.82) is 0 Å². The van der Waals surface area contributed by atoms with E-state index in [1.165, 1.54) is 25.0 Å². The maximum Gasteiger partial charge on any atom is 0.337 e. The second-order valence-corrected chi connectivity index (χ2v) is 9.04. The third-order valence-electron chi connectivity index (χ3n) is 6.33. The summed E-state index contributed by atoms with van der Waals surface area (Å²) in [5, 5.41) is 3.16. The number of halogens is 2. The number of nitrogens with one attached hydrogen (secondary N) is 1. The van der Waals surface area contributed by atoms with Crippen LogP contribution in [0.4, 0.5) is 4.39 Å². The molecule has 188 valence electrons. The lowest BCUT2D eigenvalue weighted by atomic mass is 10.1. The first-order valence-corrected chi connectivity index (χ1v) is 11.8. The average Bonchev–Trinajstić information content (AvgIpc) is 3.50. The molecule has 1 aliphatic heterocycles. The second-order valence-electron chi connectivity index (χ2n) is 8.63. The van der Waals surface area contributed by atoms with E-state index in [-0.39, 0.29) is 40.9 Å². The van der Waals surface area contributed by atoms with Crippen LogP contribution in [0.2, 0.25) is 5.02 Å². The number of aromatic nitrogens is 1. The number of likely N-dealkylation sites (tertiary alicyclic amines) is 1. The van der Waals surface area contributed by atoms with Gasteiger partial charge in [0.2, 0.25) is 11.8 Å². The number of carbonyl (C=O) groups is 4. The van der Waals surface area contributed by atoms with Crippen LogP contribution in [-0.2, 0) is 27.4 Å². The van der Waals surface area contributed by atoms with Gasteiger partial charge in [0.25, 0.3) is 0 Å². The average molecular weight is 514 g/mol. The maximum absolute atomic E-state index is 14.5. The predicted octanol–water partition coefficient (Wildman–Crippen LogP) is 3.73. The van der Waals surface area contributed by atoms with Crippen molar-refractivity contribution in [2.75, 3.05) is 13.7 Å². The van der Waals surface area contributed by atoms with Gasteiger partial charge in [0.05, 0.1) is 17.7 Å². The largest absolute Gasteiger partial charge is 0.465 e. The molecule has 0 bridgehead atoms. The molecule has 36 heavy (non-hydrogen) atoms. The minimum Gasteiger partial charge on any atom is -0.465 e. The number of hydrogen-bond acceptors (Lipinski definition) is 5. The van der Waals surface area contributed by atoms with Gasteiger partial charge in [0, 0.05) is 41.3 Å². The zero-order valence-electron chi connectivity index (χ0n) is 19.8. The van der Waals surface area contributed by atoms with E-state index < -0.39 is 23.7 Å². The quantitative estimate of drug-likeness (QED) is 0.383. The Hall–Kier alpha value is -3.72. The number of carbonyl (C=O) groups excluding carboxylic acids is 4. The number of nitrogens with zero attached hydrogens (tertiary/aromatic N) is 2. The molecule has 2 amide bonds. The number of fused-ring (bicyclic) bond motifs is 1. The molecule has 10 heteroatoms. The minimum absolute atomic E-state index is 0.0248. The zero-order chi connectivity index (χ0) is 26.0. The number of Topliss-reactive ketones (excluding diaryl/α,β-unsaturated/α-hetero) is 1. The molecule has 2 heterocycles. The number of benzene rings is 2. The molecular weight excluding hydrogens is 489 g/mol. The van der Waals surface area contributed by atoms with Gasteiger partial charge in [-0.1, -0.05) is 29.8 Å². The fraction of sp³-hybridized carbons (Fsp3) is 0.308. The van der Waals surface area contributed by atoms with Gasteiger partial charge in [-0.3, -0.25) is 14.4 Å². The van der Waals surface area contributed by atoms with Gasteiger partial charge >= 0.3 is 5.97 Å². The molecule has 2 aromatic carbocycles. The Morgan fingerprint density at radius 2 is 1.94 bits per heavy atom. The third-order valence-corrected chi connectivity index (χ3v) is 6.60. The molecule has 1 N–H and O–H groups in total. The van der Waals surface area contributed by atoms with Crippen LogP contribution < -0.4 is 5.32 Å². The van der Waals surface area contributed by atoms with Crippen molar-refractivity contribution >= 4 is 46.1 Å². The number of ketones is 1. The highest BCUT2D eigenvalue weighted by atomic mass is 35.5. The molecule has 0 aliphatic carbocycles. The molecule has 0 unspecified atom stereocenters. The van der Waals surface area contributed by atoms with Gasteiger partial charge in [-0.25, -0.2) is 9.18 Å². The highest BCUT2D eigenvalue weighted by Gasteiger charge is 2.34. The summed E-state index contributed by atoms with van der Waals surface area (Å²) in [7, 11) is 1.20. The predicted molar refractivity (Wildman–Crippen MR) is 131 cm³/mol. The van der Waals surface area contributed by atoms with Crippen LogP contribution in [0.1, 0.15) is 46.0 Å². The van der Waals surface area contributed by atoms with Crippen molar-refractivity contribution in [3.63, 3.8) is 0 Å². The molecular formula is C26H25ClFN3O5. The third kappa shape index (κ3) is 4.97. The molecule has 3 aromatic rings. The number of amides is 2. The Morgan fingerprint density at radius 1 is 1.19 bits per heavy atom. The van der Waals surface area contributed by atoms with E-state index in [4.69, 9.17) is 11.6 Å². The van der Waals surface area contributed by atoms with Crippen LogP contribution in [-0.4, -0.2) is 52.7 Å². The molecule has 0 saturated carbocycles. The van der Waals surface area contributed by atoms with E-state index in [0.717, 1.165) is 17.0 Å². The molecule has 0 radical (unpaired) electrons. The summed E-state index contributed by atoms with van der Waals surface area (Å²) in [4.78, 5) is 51.5. The van der Waals surface area contributed by atoms with Crippen molar-refractivity contribution in [2.45, 2.75) is 38.9 Å². The van der Waals surface area contributed by atoms with E-state index in [1.54, 1.807) is 10.8 Å². The van der Waals surface area contributed by atoms with Crippen molar-refractivity contribution in [3.8, 4) is 0 Å². The topological polar surface area (TPSA) is 97.7 Å². The molecule has 1 atom stereocenters. The van der Waals surface area contributed by atoms with Crippen LogP contribution in [0.5, 0.6) is 0 Å². The number of esters is 1. The van der Waals surface area contributed by atoms with Crippen molar-refractivity contribution in [2.24, 2.45) is 0 Å². The Morgan fingerprint density at radius 3 is 2.67 bits per heavy atom. The Labute approximate surface area is 212 Å². The summed E-state index contributed by atoms with van der Waals surface area (Å²) in [6, 6.07) is 9.06. The highest BCUT2D eigenvalue weighted by molar-refractivity contribution is 6.31. The molecule has 1 saturated heterocycles. The summed E-state index contributed by atoms with van der Waals surface area (Å²) in [5.41, 5.74) is 1.38. The summed E-state index contributed by atoms with van der Waals surface area (Å²) >= 11 is 5.90. The highest BCUT2D eigenvalue weighted by Crippen LogP contribution is 2.25. The second kappa shape index (κ2) is 10.5. The first-order chi connectivity index (χ1) is 17.2. The lowest BCUT2D eigenvalue weighted by Gasteiger charge is -2.24. The fourth-order valence-electron chi connectivity index (χ4n) is 4.54. The number of methoxy groups -OCH3 is 1. The minimum atomic E-state index is -0.746. The smallest absolute Gasteiger partial charge is 0.337 e. The lowest BCUT2D eigenvalue weighted by Crippen LogP contribution is -2.46. The van der Waals surface area contributed by atoms with Crippen LogP contribution in [0, 0.1) is 5.82 Å². The summed E-state index contributed by atoms with van der Waals surface area (Å²) in [6.07, 6.45) is 2.78. The zero-order valence-corrected chi connectivity index (χ0v) is 20.6. The lowest BCUT2D eigenvalue weighted by molar-refractivity contribution is -0.138. The summed E-state index contributed by atoms with van der Waals surface area (Å²) < 4.78 is 20.9. The monoisotopic (exact) mass is 513 g/mol. The van der Waals surface area contributed by atoms with Crippen molar-refractivity contribution in [1.82, 2.24) is 14.8 Å². The van der Waals surface area contributed by atoms with Crippen molar-refractivity contribution < 1.29 is 28.3 Å². The van der Waals surface area contributed by atoms with Gasteiger partial charge in [-0.05, 0) is 38.0 Å². The van der Waals surface area contributed by atoms with Crippen LogP contribution in [0.25, 0.3) is 10.9 Å². The summed E-state index contributed by atoms with van der Waals surface area (Å²) in [6.45, 7) is 1.65. The SMILES string of the molecule is COC(=O)c1cc(Cl)c(F)c(CNC(=O)[C@@H]2CCCN2C(=O)Cn2cc(C(C)=O)c3ccccc32)c1. The van der Waals surface area contributed by atoms with E-state index in [2.05, 4.69) is 10.1 Å². The van der Waals surface area contributed by atoms with Gasteiger partial charge in [0.1, 0.15) is 18.4 Å². The number of para-hydroxylation sites is 1. The summed E-state index contributed by atoms with van der Waals surface area (Å²) in [5.74, 6) is -2.21. The normalized spacial score (nSPS) is 15.2. The maximum atomic E-state index is 14.5. The van der Waals surface area contributed by atoms with Gasteiger partial charge < -0.3 is 19.5 Å². The fourth-order valence-corrected chi connectivity index (χ4v) is 4.78. The number of ether oxygens (including phenoxy) is 1. The first-order valence-electron chi connectivity index (χ1n) is 11.4. The van der Waals surface area contributed by atoms with Crippen LogP contribution >= 0.6 is 11.6 Å². The molecule has 1 aliphatic rings. The first kappa shape index (κ1) is 25.4.